The van der Waals surface area contributed by atoms with Crippen LogP contribution in [0, 0.1) is 0 Å². The summed E-state index contributed by atoms with van der Waals surface area (Å²) in [5, 5.41) is 10.6. The lowest BCUT2D eigenvalue weighted by Crippen LogP contribution is -2.30. The Kier molecular flexibility index (Phi) is 70.6. The molecule has 0 aliphatic carbocycles. The number of phosphoric ester groups is 2. The lowest BCUT2D eigenvalue weighted by molar-refractivity contribution is -0.161. The van der Waals surface area contributed by atoms with E-state index in [9.17, 15) is 43.2 Å². The van der Waals surface area contributed by atoms with E-state index in [1.807, 2.05) is 0 Å². The van der Waals surface area contributed by atoms with Gasteiger partial charge >= 0.3 is 39.5 Å². The Labute approximate surface area is 598 Å². The summed E-state index contributed by atoms with van der Waals surface area (Å²) in [7, 11) is -9.93. The summed E-state index contributed by atoms with van der Waals surface area (Å²) in [6.45, 7) is 4.91. The van der Waals surface area contributed by atoms with Crippen molar-refractivity contribution in [3.63, 3.8) is 0 Å². The number of allylic oxidation sites excluding steroid dienone is 6. The van der Waals surface area contributed by atoms with Crippen LogP contribution in [0.15, 0.2) is 36.5 Å². The van der Waals surface area contributed by atoms with Gasteiger partial charge in [-0.2, -0.15) is 0 Å². The Bertz CT molecular complexity index is 2000. The predicted octanol–water partition coefficient (Wildman–Crippen LogP) is 23.1. The second-order valence-electron chi connectivity index (χ2n) is 27.4. The molecule has 0 rings (SSSR count). The average Bonchev–Trinajstić information content (AvgIpc) is 1.05. The maximum Gasteiger partial charge on any atom is 0.472 e. The molecular formula is C79H148O17P2. The van der Waals surface area contributed by atoms with E-state index < -0.39 is 97.5 Å². The smallest absolute Gasteiger partial charge is 0.462 e. The van der Waals surface area contributed by atoms with Crippen molar-refractivity contribution in [1.29, 1.82) is 0 Å². The quantitative estimate of drug-likeness (QED) is 0.0169. The van der Waals surface area contributed by atoms with Crippen LogP contribution in [-0.2, 0) is 65.4 Å². The molecule has 19 heteroatoms. The maximum absolute atomic E-state index is 13.1. The fraction of sp³-hybridized carbons (Fsp3) is 0.873. The molecule has 0 saturated carbocycles. The Balaban J connectivity index is 5.31. The maximum atomic E-state index is 13.1. The first-order valence-electron chi connectivity index (χ1n) is 40.2. The van der Waals surface area contributed by atoms with Crippen molar-refractivity contribution in [3.05, 3.63) is 36.5 Å². The molecule has 0 aromatic rings. The zero-order valence-corrected chi connectivity index (χ0v) is 64.8. The van der Waals surface area contributed by atoms with Gasteiger partial charge in [-0.05, 0) is 103 Å². The number of carbonyl (C=O) groups excluding carboxylic acids is 4. The molecule has 0 aromatic carbocycles. The third kappa shape index (κ3) is 71.7. The molecule has 0 spiro atoms. The molecule has 0 heterocycles. The predicted molar refractivity (Wildman–Crippen MR) is 400 cm³/mol. The molecule has 3 N–H and O–H groups in total. The molecule has 98 heavy (non-hydrogen) atoms. The highest BCUT2D eigenvalue weighted by Gasteiger charge is 2.30. The van der Waals surface area contributed by atoms with Crippen molar-refractivity contribution in [3.8, 4) is 0 Å². The summed E-state index contributed by atoms with van der Waals surface area (Å²) in [4.78, 5) is 72.9. The van der Waals surface area contributed by atoms with Crippen molar-refractivity contribution in [2.45, 2.75) is 406 Å². The van der Waals surface area contributed by atoms with Gasteiger partial charge in [0.15, 0.2) is 12.2 Å². The van der Waals surface area contributed by atoms with Gasteiger partial charge in [0.2, 0.25) is 0 Å². The topological polar surface area (TPSA) is 237 Å². The van der Waals surface area contributed by atoms with Gasteiger partial charge in [0.05, 0.1) is 26.4 Å². The number of rotatable bonds is 77. The van der Waals surface area contributed by atoms with Crippen LogP contribution < -0.4 is 0 Å². The normalized spacial score (nSPS) is 14.1. The molecule has 0 aromatic heterocycles. The van der Waals surface area contributed by atoms with Crippen LogP contribution in [-0.4, -0.2) is 96.7 Å². The fourth-order valence-corrected chi connectivity index (χ4v) is 13.0. The summed E-state index contributed by atoms with van der Waals surface area (Å²) in [5.74, 6) is -2.15. The summed E-state index contributed by atoms with van der Waals surface area (Å²) in [5.41, 5.74) is 0. The number of phosphoric acid groups is 2. The highest BCUT2D eigenvalue weighted by atomic mass is 31.2. The molecule has 0 fully saturated rings. The standard InChI is InChI=1S/C79H148O17P2/c1-5-9-13-17-21-25-29-33-36-40-44-48-52-56-60-64-77(82)90-70-75(96-79(84)66-62-58-54-50-46-42-38-35-31-27-23-19-15-11-7-3)72-94-98(87,88)92-68-73(80)67-91-97(85,86)93-71-74(69-89-76(81)63-59-55-51-47-43-39-32-28-24-20-16-12-8-4)95-78(83)65-61-57-53-49-45-41-37-34-30-26-22-18-14-10-6-2/h26,28,30,32-33,36,73-75,80H,5-25,27,29,31,34-35,37-72H2,1-4H3,(H,85,86)(H,87,88)/b30-26-,32-28-,36-33-/t73-,74+,75+/m0/s1. The van der Waals surface area contributed by atoms with E-state index in [1.165, 1.54) is 154 Å². The van der Waals surface area contributed by atoms with Gasteiger partial charge in [-0.25, -0.2) is 9.13 Å². The van der Waals surface area contributed by atoms with E-state index in [2.05, 4.69) is 64.2 Å². The molecule has 0 aliphatic rings. The summed E-state index contributed by atoms with van der Waals surface area (Å²) < 4.78 is 68.6. The number of aliphatic hydroxyl groups excluding tert-OH is 1. The highest BCUT2D eigenvalue weighted by Crippen LogP contribution is 2.45. The minimum Gasteiger partial charge on any atom is -0.462 e. The summed E-state index contributed by atoms with van der Waals surface area (Å²) in [6.07, 6.45) is 68.3. The van der Waals surface area contributed by atoms with Gasteiger partial charge in [0.25, 0.3) is 0 Å². The molecule has 2 unspecified atom stereocenters. The molecule has 17 nitrogen and oxygen atoms in total. The number of hydrogen-bond donors (Lipinski definition) is 3. The zero-order valence-electron chi connectivity index (χ0n) is 63.0. The number of hydrogen-bond acceptors (Lipinski definition) is 15. The number of aliphatic hydroxyl groups is 1. The van der Waals surface area contributed by atoms with Crippen molar-refractivity contribution in [2.75, 3.05) is 39.6 Å². The van der Waals surface area contributed by atoms with Crippen LogP contribution in [0.3, 0.4) is 0 Å². The van der Waals surface area contributed by atoms with E-state index in [0.717, 1.165) is 154 Å². The molecule has 0 radical (unpaired) electrons. The number of carbonyl (C=O) groups is 4. The second kappa shape index (κ2) is 72.6. The second-order valence-corrected chi connectivity index (χ2v) is 30.3. The molecule has 0 amide bonds. The summed E-state index contributed by atoms with van der Waals surface area (Å²) >= 11 is 0. The van der Waals surface area contributed by atoms with Crippen LogP contribution in [0.5, 0.6) is 0 Å². The minimum atomic E-state index is -4.97. The first-order valence-corrected chi connectivity index (χ1v) is 43.2. The first kappa shape index (κ1) is 95.3. The SMILES string of the molecule is CCCCCC/C=C\CCCCCCCCCC(=O)O[C@H](COC(=O)CCCCCCC/C=C\CCCCCC)COP(=O)(O)OC[C@H](O)COP(=O)(O)OC[C@@H](COC(=O)CCCCCCC/C=C\CCCCCCCC)OC(=O)CCCCCCCCCCCCCCCCC. The van der Waals surface area contributed by atoms with E-state index in [4.69, 9.17) is 37.0 Å². The molecule has 0 aliphatic heterocycles. The van der Waals surface area contributed by atoms with Gasteiger partial charge in [0.1, 0.15) is 19.3 Å². The monoisotopic (exact) mass is 1430 g/mol. The Morgan fingerprint density at radius 2 is 0.469 bits per heavy atom. The van der Waals surface area contributed by atoms with Crippen molar-refractivity contribution in [2.24, 2.45) is 0 Å². The van der Waals surface area contributed by atoms with Crippen LogP contribution in [0.25, 0.3) is 0 Å². The molecule has 0 bridgehead atoms. The van der Waals surface area contributed by atoms with Gasteiger partial charge < -0.3 is 33.8 Å². The van der Waals surface area contributed by atoms with E-state index in [0.29, 0.717) is 25.7 Å². The lowest BCUT2D eigenvalue weighted by Gasteiger charge is -2.21. The Morgan fingerprint density at radius 1 is 0.276 bits per heavy atom. The molecule has 0 saturated heterocycles. The van der Waals surface area contributed by atoms with E-state index >= 15 is 0 Å². The molecule has 576 valence electrons. The Hall–Kier alpha value is -2.72. The van der Waals surface area contributed by atoms with Crippen molar-refractivity contribution >= 4 is 39.5 Å². The fourth-order valence-electron chi connectivity index (χ4n) is 11.4. The first-order chi connectivity index (χ1) is 47.7. The lowest BCUT2D eigenvalue weighted by atomic mass is 10.0. The van der Waals surface area contributed by atoms with Gasteiger partial charge in [0, 0.05) is 25.7 Å². The molecule has 5 atom stereocenters. The van der Waals surface area contributed by atoms with Crippen LogP contribution >= 0.6 is 15.6 Å². The zero-order chi connectivity index (χ0) is 71.8. The largest absolute Gasteiger partial charge is 0.472 e. The highest BCUT2D eigenvalue weighted by molar-refractivity contribution is 7.47. The number of esters is 4. The summed E-state index contributed by atoms with van der Waals surface area (Å²) in [6, 6.07) is 0. The third-order valence-corrected chi connectivity index (χ3v) is 19.5. The van der Waals surface area contributed by atoms with Crippen molar-refractivity contribution in [1.82, 2.24) is 0 Å². The van der Waals surface area contributed by atoms with Crippen molar-refractivity contribution < 1.29 is 80.2 Å². The van der Waals surface area contributed by atoms with Crippen LogP contribution in [0.4, 0.5) is 0 Å². The average molecular weight is 1430 g/mol. The van der Waals surface area contributed by atoms with E-state index in [-0.39, 0.29) is 25.7 Å². The van der Waals surface area contributed by atoms with Gasteiger partial charge in [-0.3, -0.25) is 37.3 Å². The Morgan fingerprint density at radius 3 is 0.714 bits per heavy atom. The van der Waals surface area contributed by atoms with Crippen LogP contribution in [0.2, 0.25) is 0 Å². The van der Waals surface area contributed by atoms with Gasteiger partial charge in [-0.15, -0.1) is 0 Å². The number of ether oxygens (including phenoxy) is 4. The number of unbranched alkanes of at least 4 members (excludes halogenated alkanes) is 45. The van der Waals surface area contributed by atoms with E-state index in [1.54, 1.807) is 0 Å². The minimum absolute atomic E-state index is 0.0945. The van der Waals surface area contributed by atoms with Gasteiger partial charge in [-0.1, -0.05) is 295 Å². The molecular weight excluding hydrogens is 1280 g/mol. The van der Waals surface area contributed by atoms with Crippen LogP contribution in [0.1, 0.15) is 387 Å². The third-order valence-electron chi connectivity index (χ3n) is 17.6.